The van der Waals surface area contributed by atoms with Gasteiger partial charge in [-0.3, -0.25) is 4.79 Å². The molecule has 0 heterocycles. The summed E-state index contributed by atoms with van der Waals surface area (Å²) in [4.78, 5) is 11.6. The molecule has 0 aromatic carbocycles. The number of hydrogen-bond donors (Lipinski definition) is 0. The average Bonchev–Trinajstić information content (AvgIpc) is 1.98. The predicted octanol–water partition coefficient (Wildman–Crippen LogP) is 2.81. The van der Waals surface area contributed by atoms with E-state index in [1.165, 1.54) is 0 Å². The molecule has 0 saturated heterocycles. The van der Waals surface area contributed by atoms with Gasteiger partial charge in [0.2, 0.25) is 0 Å². The van der Waals surface area contributed by atoms with Gasteiger partial charge in [-0.1, -0.05) is 20.8 Å². The second-order valence-corrected chi connectivity index (χ2v) is 5.14. The minimum Gasteiger partial charge on any atom is -0.379 e. The molecule has 0 rings (SSSR count). The molecule has 0 bridgehead atoms. The Morgan fingerprint density at radius 2 is 1.62 bits per heavy atom. The van der Waals surface area contributed by atoms with Gasteiger partial charge in [0.05, 0.1) is 5.60 Å². The molecule has 0 aromatic rings. The van der Waals surface area contributed by atoms with Crippen LogP contribution >= 0.6 is 0 Å². The third-order valence-electron chi connectivity index (χ3n) is 2.34. The maximum atomic E-state index is 11.6. The molecule has 0 aliphatic heterocycles. The van der Waals surface area contributed by atoms with E-state index in [0.717, 1.165) is 6.42 Å². The molecule has 0 spiro atoms. The van der Waals surface area contributed by atoms with Crippen molar-refractivity contribution in [3.8, 4) is 0 Å². The first-order valence-corrected chi connectivity index (χ1v) is 4.77. The van der Waals surface area contributed by atoms with E-state index in [0.29, 0.717) is 12.2 Å². The molecule has 0 fully saturated rings. The van der Waals surface area contributed by atoms with Gasteiger partial charge in [-0.15, -0.1) is 0 Å². The molecular formula is C11H22O2. The van der Waals surface area contributed by atoms with E-state index in [4.69, 9.17) is 4.74 Å². The molecule has 0 atom stereocenters. The van der Waals surface area contributed by atoms with Crippen molar-refractivity contribution in [2.45, 2.75) is 53.1 Å². The van der Waals surface area contributed by atoms with E-state index < -0.39 is 0 Å². The summed E-state index contributed by atoms with van der Waals surface area (Å²) in [5.41, 5.74) is -0.398. The van der Waals surface area contributed by atoms with Crippen LogP contribution in [0.4, 0.5) is 0 Å². The number of methoxy groups -OCH3 is 1. The van der Waals surface area contributed by atoms with Crippen LogP contribution in [0, 0.1) is 5.41 Å². The van der Waals surface area contributed by atoms with Crippen molar-refractivity contribution in [1.29, 1.82) is 0 Å². The summed E-state index contributed by atoms with van der Waals surface area (Å²) in [6.45, 7) is 9.87. The SMILES string of the molecule is COC(C)(C)CCC(=O)C(C)(C)C. The van der Waals surface area contributed by atoms with Gasteiger partial charge in [-0.25, -0.2) is 0 Å². The monoisotopic (exact) mass is 186 g/mol. The standard InChI is InChI=1S/C11H22O2/c1-10(2,3)9(12)7-8-11(4,5)13-6/h7-8H2,1-6H3. The van der Waals surface area contributed by atoms with Crippen molar-refractivity contribution in [3.63, 3.8) is 0 Å². The molecule has 2 nitrogen and oxygen atoms in total. The summed E-state index contributed by atoms with van der Waals surface area (Å²) in [5, 5.41) is 0. The molecule has 0 aromatic heterocycles. The minimum absolute atomic E-state index is 0.180. The number of Topliss-reactive ketones (excluding diaryl/α,β-unsaturated/α-hetero) is 1. The second kappa shape index (κ2) is 4.23. The summed E-state index contributed by atoms with van der Waals surface area (Å²) in [5.74, 6) is 0.303. The van der Waals surface area contributed by atoms with Gasteiger partial charge in [0.15, 0.2) is 0 Å². The van der Waals surface area contributed by atoms with Gasteiger partial charge in [0.1, 0.15) is 5.78 Å². The van der Waals surface area contributed by atoms with E-state index in [9.17, 15) is 4.79 Å². The zero-order valence-electron chi connectivity index (χ0n) is 9.73. The Balaban J connectivity index is 3.98. The van der Waals surface area contributed by atoms with Gasteiger partial charge in [-0.2, -0.15) is 0 Å². The van der Waals surface area contributed by atoms with Crippen LogP contribution in [0.2, 0.25) is 0 Å². The van der Waals surface area contributed by atoms with Gasteiger partial charge < -0.3 is 4.74 Å². The lowest BCUT2D eigenvalue weighted by molar-refractivity contribution is -0.127. The molecule has 0 aliphatic carbocycles. The molecule has 0 saturated carbocycles. The van der Waals surface area contributed by atoms with Crippen molar-refractivity contribution < 1.29 is 9.53 Å². The summed E-state index contributed by atoms with van der Waals surface area (Å²) in [6.07, 6.45) is 1.39. The van der Waals surface area contributed by atoms with Gasteiger partial charge in [0, 0.05) is 18.9 Å². The Labute approximate surface area is 81.7 Å². The fourth-order valence-corrected chi connectivity index (χ4v) is 0.892. The van der Waals surface area contributed by atoms with Gasteiger partial charge in [-0.05, 0) is 20.3 Å². The molecular weight excluding hydrogens is 164 g/mol. The number of rotatable bonds is 4. The van der Waals surface area contributed by atoms with Crippen LogP contribution in [-0.2, 0) is 9.53 Å². The van der Waals surface area contributed by atoms with E-state index in [1.807, 2.05) is 34.6 Å². The highest BCUT2D eigenvalue weighted by molar-refractivity contribution is 5.83. The highest BCUT2D eigenvalue weighted by Crippen LogP contribution is 2.22. The normalized spacial score (nSPS) is 13.1. The molecule has 13 heavy (non-hydrogen) atoms. The van der Waals surface area contributed by atoms with Crippen molar-refractivity contribution in [3.05, 3.63) is 0 Å². The number of ether oxygens (including phenoxy) is 1. The summed E-state index contributed by atoms with van der Waals surface area (Å²) in [7, 11) is 1.68. The Kier molecular flexibility index (Phi) is 4.11. The third-order valence-corrected chi connectivity index (χ3v) is 2.34. The van der Waals surface area contributed by atoms with Crippen LogP contribution in [-0.4, -0.2) is 18.5 Å². The van der Waals surface area contributed by atoms with Crippen LogP contribution in [0.5, 0.6) is 0 Å². The number of carbonyl (C=O) groups excluding carboxylic acids is 1. The first-order chi connectivity index (χ1) is 5.69. The topological polar surface area (TPSA) is 26.3 Å². The minimum atomic E-state index is -0.218. The third kappa shape index (κ3) is 5.04. The van der Waals surface area contributed by atoms with Crippen LogP contribution in [0.15, 0.2) is 0 Å². The highest BCUT2D eigenvalue weighted by atomic mass is 16.5. The molecule has 2 heteroatoms. The van der Waals surface area contributed by atoms with E-state index in [2.05, 4.69) is 0 Å². The summed E-state index contributed by atoms with van der Waals surface area (Å²) < 4.78 is 5.25. The molecule has 0 amide bonds. The lowest BCUT2D eigenvalue weighted by atomic mass is 9.86. The van der Waals surface area contributed by atoms with E-state index in [-0.39, 0.29) is 11.0 Å². The largest absolute Gasteiger partial charge is 0.379 e. The van der Waals surface area contributed by atoms with Crippen LogP contribution in [0.1, 0.15) is 47.5 Å². The number of ketones is 1. The zero-order valence-corrected chi connectivity index (χ0v) is 9.73. The first kappa shape index (κ1) is 12.6. The Morgan fingerprint density at radius 1 is 1.15 bits per heavy atom. The van der Waals surface area contributed by atoms with Crippen molar-refractivity contribution >= 4 is 5.78 Å². The zero-order chi connectivity index (χ0) is 10.7. The summed E-state index contributed by atoms with van der Waals surface area (Å²) >= 11 is 0. The molecule has 0 N–H and O–H groups in total. The maximum Gasteiger partial charge on any atom is 0.138 e. The highest BCUT2D eigenvalue weighted by Gasteiger charge is 2.24. The predicted molar refractivity (Wildman–Crippen MR) is 54.8 cm³/mol. The average molecular weight is 186 g/mol. The van der Waals surface area contributed by atoms with Crippen molar-refractivity contribution in [2.75, 3.05) is 7.11 Å². The fourth-order valence-electron chi connectivity index (χ4n) is 0.892. The molecule has 0 unspecified atom stereocenters. The number of hydrogen-bond acceptors (Lipinski definition) is 2. The Morgan fingerprint density at radius 3 is 1.92 bits per heavy atom. The molecule has 78 valence electrons. The fraction of sp³-hybridized carbons (Fsp3) is 0.909. The smallest absolute Gasteiger partial charge is 0.138 e. The van der Waals surface area contributed by atoms with Crippen LogP contribution in [0.25, 0.3) is 0 Å². The van der Waals surface area contributed by atoms with E-state index in [1.54, 1.807) is 7.11 Å². The maximum absolute atomic E-state index is 11.6. The van der Waals surface area contributed by atoms with Crippen LogP contribution < -0.4 is 0 Å². The lowest BCUT2D eigenvalue weighted by Gasteiger charge is -2.24. The molecule has 0 radical (unpaired) electrons. The lowest BCUT2D eigenvalue weighted by Crippen LogP contribution is -2.27. The summed E-state index contributed by atoms with van der Waals surface area (Å²) in [6, 6.07) is 0. The van der Waals surface area contributed by atoms with E-state index >= 15 is 0 Å². The Hall–Kier alpha value is -0.370. The van der Waals surface area contributed by atoms with Crippen LogP contribution in [0.3, 0.4) is 0 Å². The second-order valence-electron chi connectivity index (χ2n) is 5.14. The Bertz CT molecular complexity index is 175. The van der Waals surface area contributed by atoms with Crippen molar-refractivity contribution in [2.24, 2.45) is 5.41 Å². The quantitative estimate of drug-likeness (QED) is 0.675. The van der Waals surface area contributed by atoms with Crippen molar-refractivity contribution in [1.82, 2.24) is 0 Å². The van der Waals surface area contributed by atoms with Gasteiger partial charge in [0.25, 0.3) is 0 Å². The van der Waals surface area contributed by atoms with Gasteiger partial charge >= 0.3 is 0 Å². The first-order valence-electron chi connectivity index (χ1n) is 4.77. The number of carbonyl (C=O) groups is 1. The molecule has 0 aliphatic rings.